The van der Waals surface area contributed by atoms with Gasteiger partial charge in [-0.1, -0.05) is 29.8 Å². The van der Waals surface area contributed by atoms with Crippen molar-refractivity contribution in [1.82, 2.24) is 5.43 Å². The Labute approximate surface area is 159 Å². The number of amides is 1. The number of carbonyl (C=O) groups excluding carboxylic acids is 1. The molecule has 0 bridgehead atoms. The number of hydrogen-bond acceptors (Lipinski definition) is 5. The molecular weight excluding hydrogens is 370 g/mol. The van der Waals surface area contributed by atoms with Crippen molar-refractivity contribution in [3.8, 4) is 11.3 Å². The molecule has 0 saturated carbocycles. The van der Waals surface area contributed by atoms with E-state index in [9.17, 15) is 14.9 Å². The maximum absolute atomic E-state index is 12.1. The predicted octanol–water partition coefficient (Wildman–Crippen LogP) is 4.58. The number of nitro groups is 1. The topological polar surface area (TPSA) is 97.7 Å². The van der Waals surface area contributed by atoms with Crippen LogP contribution < -0.4 is 5.43 Å². The van der Waals surface area contributed by atoms with Gasteiger partial charge in [-0.05, 0) is 42.8 Å². The van der Waals surface area contributed by atoms with Gasteiger partial charge >= 0.3 is 0 Å². The molecule has 8 heteroatoms. The van der Waals surface area contributed by atoms with Gasteiger partial charge in [-0.25, -0.2) is 5.43 Å². The number of rotatable bonds is 5. The minimum atomic E-state index is -0.557. The van der Waals surface area contributed by atoms with Gasteiger partial charge < -0.3 is 4.42 Å². The SMILES string of the molecule is Cc1ccccc1C(=O)N/N=C\c1ccc(-c2ccc(Cl)c([N+](=O)[O-])c2)o1. The van der Waals surface area contributed by atoms with E-state index in [2.05, 4.69) is 10.5 Å². The summed E-state index contributed by atoms with van der Waals surface area (Å²) < 4.78 is 5.59. The third-order valence-corrected chi connectivity index (χ3v) is 4.12. The van der Waals surface area contributed by atoms with Gasteiger partial charge in [0.1, 0.15) is 16.5 Å². The van der Waals surface area contributed by atoms with E-state index in [1.54, 1.807) is 30.3 Å². The van der Waals surface area contributed by atoms with Crippen LogP contribution in [0.2, 0.25) is 5.02 Å². The second-order valence-corrected chi connectivity index (χ2v) is 6.05. The Balaban J connectivity index is 1.72. The number of nitrogens with one attached hydrogen (secondary N) is 1. The molecule has 0 unspecified atom stereocenters. The second-order valence-electron chi connectivity index (χ2n) is 5.64. The number of nitro benzene ring substituents is 1. The van der Waals surface area contributed by atoms with Crippen molar-refractivity contribution < 1.29 is 14.1 Å². The van der Waals surface area contributed by atoms with E-state index < -0.39 is 4.92 Å². The molecule has 1 amide bonds. The van der Waals surface area contributed by atoms with E-state index in [0.717, 1.165) is 5.56 Å². The maximum atomic E-state index is 12.1. The highest BCUT2D eigenvalue weighted by atomic mass is 35.5. The van der Waals surface area contributed by atoms with Gasteiger partial charge in [-0.3, -0.25) is 14.9 Å². The zero-order chi connectivity index (χ0) is 19.4. The highest BCUT2D eigenvalue weighted by molar-refractivity contribution is 6.32. The predicted molar refractivity (Wildman–Crippen MR) is 102 cm³/mol. The van der Waals surface area contributed by atoms with Crippen LogP contribution in [0.5, 0.6) is 0 Å². The molecule has 0 aliphatic rings. The van der Waals surface area contributed by atoms with Crippen molar-refractivity contribution in [2.45, 2.75) is 6.92 Å². The molecule has 7 nitrogen and oxygen atoms in total. The van der Waals surface area contributed by atoms with Crippen LogP contribution in [-0.2, 0) is 0 Å². The van der Waals surface area contributed by atoms with Gasteiger partial charge in [0.2, 0.25) is 0 Å². The summed E-state index contributed by atoms with van der Waals surface area (Å²) in [4.78, 5) is 22.5. The fourth-order valence-electron chi connectivity index (χ4n) is 2.43. The third kappa shape index (κ3) is 4.21. The molecule has 3 aromatic rings. The molecule has 136 valence electrons. The van der Waals surface area contributed by atoms with Crippen LogP contribution in [0.25, 0.3) is 11.3 Å². The number of carbonyl (C=O) groups is 1. The fraction of sp³-hybridized carbons (Fsp3) is 0.0526. The third-order valence-electron chi connectivity index (χ3n) is 3.80. The Morgan fingerprint density at radius 1 is 1.22 bits per heavy atom. The Kier molecular flexibility index (Phi) is 5.33. The van der Waals surface area contributed by atoms with Crippen LogP contribution in [0.1, 0.15) is 21.7 Å². The van der Waals surface area contributed by atoms with E-state index in [4.69, 9.17) is 16.0 Å². The van der Waals surface area contributed by atoms with Crippen LogP contribution in [0, 0.1) is 17.0 Å². The molecule has 0 fully saturated rings. The largest absolute Gasteiger partial charge is 0.455 e. The summed E-state index contributed by atoms with van der Waals surface area (Å²) in [5.41, 5.74) is 4.11. The van der Waals surface area contributed by atoms with Crippen LogP contribution in [0.15, 0.2) is 64.1 Å². The van der Waals surface area contributed by atoms with E-state index in [-0.39, 0.29) is 16.6 Å². The number of furan rings is 1. The summed E-state index contributed by atoms with van der Waals surface area (Å²) in [6.07, 6.45) is 1.35. The van der Waals surface area contributed by atoms with E-state index in [0.29, 0.717) is 22.6 Å². The number of nitrogens with zero attached hydrogens (tertiary/aromatic N) is 2. The highest BCUT2D eigenvalue weighted by Gasteiger charge is 2.15. The highest BCUT2D eigenvalue weighted by Crippen LogP contribution is 2.30. The van der Waals surface area contributed by atoms with Gasteiger partial charge in [0.15, 0.2) is 0 Å². The van der Waals surface area contributed by atoms with Crippen LogP contribution in [0.4, 0.5) is 5.69 Å². The summed E-state index contributed by atoms with van der Waals surface area (Å²) in [5, 5.41) is 14.9. The molecule has 27 heavy (non-hydrogen) atoms. The van der Waals surface area contributed by atoms with E-state index in [1.807, 2.05) is 19.1 Å². The summed E-state index contributed by atoms with van der Waals surface area (Å²) in [7, 11) is 0. The summed E-state index contributed by atoms with van der Waals surface area (Å²) in [6.45, 7) is 1.84. The summed E-state index contributed by atoms with van der Waals surface area (Å²) in [6, 6.07) is 14.8. The molecular formula is C19H14ClN3O4. The quantitative estimate of drug-likeness (QED) is 0.396. The normalized spacial score (nSPS) is 10.9. The summed E-state index contributed by atoms with van der Waals surface area (Å²) >= 11 is 5.81. The van der Waals surface area contributed by atoms with E-state index >= 15 is 0 Å². The number of halogens is 1. The molecule has 0 saturated heterocycles. The first kappa shape index (κ1) is 18.3. The van der Waals surface area contributed by atoms with Gasteiger partial charge in [0, 0.05) is 17.2 Å². The zero-order valence-corrected chi connectivity index (χ0v) is 14.9. The monoisotopic (exact) mass is 383 g/mol. The van der Waals surface area contributed by atoms with Crippen LogP contribution in [-0.4, -0.2) is 17.0 Å². The summed E-state index contributed by atoms with van der Waals surface area (Å²) in [5.74, 6) is 0.471. The fourth-order valence-corrected chi connectivity index (χ4v) is 2.61. The molecule has 0 aliphatic heterocycles. The van der Waals surface area contributed by atoms with Gasteiger partial charge in [0.05, 0.1) is 11.1 Å². The van der Waals surface area contributed by atoms with Gasteiger partial charge in [-0.2, -0.15) is 5.10 Å². The van der Waals surface area contributed by atoms with Crippen molar-refractivity contribution in [2.24, 2.45) is 5.10 Å². The lowest BCUT2D eigenvalue weighted by molar-refractivity contribution is -0.384. The van der Waals surface area contributed by atoms with Crippen molar-refractivity contribution in [3.63, 3.8) is 0 Å². The zero-order valence-electron chi connectivity index (χ0n) is 14.2. The lowest BCUT2D eigenvalue weighted by Crippen LogP contribution is -2.18. The molecule has 1 N–H and O–H groups in total. The molecule has 0 atom stereocenters. The van der Waals surface area contributed by atoms with Crippen molar-refractivity contribution in [3.05, 3.63) is 86.6 Å². The first-order chi connectivity index (χ1) is 13.0. The van der Waals surface area contributed by atoms with Gasteiger partial charge in [0.25, 0.3) is 11.6 Å². The molecule has 0 aliphatic carbocycles. The molecule has 3 rings (SSSR count). The van der Waals surface area contributed by atoms with Crippen molar-refractivity contribution in [2.75, 3.05) is 0 Å². The Morgan fingerprint density at radius 2 is 2.00 bits per heavy atom. The number of benzene rings is 2. The molecule has 2 aromatic carbocycles. The molecule has 0 radical (unpaired) electrons. The van der Waals surface area contributed by atoms with Gasteiger partial charge in [-0.15, -0.1) is 0 Å². The number of aryl methyl sites for hydroxylation is 1. The first-order valence-corrected chi connectivity index (χ1v) is 8.26. The molecule has 1 heterocycles. The Morgan fingerprint density at radius 3 is 2.74 bits per heavy atom. The first-order valence-electron chi connectivity index (χ1n) is 7.89. The standard InChI is InChI=1S/C19H14ClN3O4/c1-12-4-2-3-5-15(12)19(24)22-21-11-14-7-9-18(27-14)13-6-8-16(20)17(10-13)23(25)26/h2-11H,1H3,(H,22,24)/b21-11-. The average Bonchev–Trinajstić information content (AvgIpc) is 3.11. The lowest BCUT2D eigenvalue weighted by atomic mass is 10.1. The average molecular weight is 384 g/mol. The van der Waals surface area contributed by atoms with E-state index in [1.165, 1.54) is 18.3 Å². The van der Waals surface area contributed by atoms with Crippen molar-refractivity contribution in [1.29, 1.82) is 0 Å². The minimum Gasteiger partial charge on any atom is -0.455 e. The Hall–Kier alpha value is -3.45. The smallest absolute Gasteiger partial charge is 0.288 e. The van der Waals surface area contributed by atoms with Crippen LogP contribution >= 0.6 is 11.6 Å². The maximum Gasteiger partial charge on any atom is 0.288 e. The number of hydrogen-bond donors (Lipinski definition) is 1. The molecule has 1 aromatic heterocycles. The minimum absolute atomic E-state index is 0.0519. The lowest BCUT2D eigenvalue weighted by Gasteiger charge is -2.02. The Bertz CT molecular complexity index is 1040. The number of hydrazone groups is 1. The van der Waals surface area contributed by atoms with Crippen molar-refractivity contribution >= 4 is 29.4 Å². The second kappa shape index (κ2) is 7.84. The van der Waals surface area contributed by atoms with Crippen LogP contribution in [0.3, 0.4) is 0 Å². The molecule has 0 spiro atoms.